The minimum absolute atomic E-state index is 0.337. The lowest BCUT2D eigenvalue weighted by atomic mass is 10.1. The van der Waals surface area contributed by atoms with Gasteiger partial charge in [0, 0.05) is 20.4 Å². The molecule has 0 heterocycles. The minimum atomic E-state index is -0.602. The maximum Gasteiger partial charge on any atom is 0.337 e. The zero-order chi connectivity index (χ0) is 13.4. The molecule has 0 atom stereocenters. The molecule has 0 unspecified atom stereocenters. The zero-order valence-electron chi connectivity index (χ0n) is 10.9. The number of carbonyl (C=O) groups is 1. The Bertz CT molecular complexity index is 522. The Hall–Kier alpha value is -1.97. The van der Waals surface area contributed by atoms with E-state index in [4.69, 9.17) is 0 Å². The number of benzene rings is 1. The molecule has 0 saturated carbocycles. The van der Waals surface area contributed by atoms with Gasteiger partial charge < -0.3 is 4.74 Å². The van der Waals surface area contributed by atoms with Gasteiger partial charge in [0.15, 0.2) is 0 Å². The van der Waals surface area contributed by atoms with E-state index in [0.29, 0.717) is 5.56 Å². The number of carbonyl (C=O) groups excluding carboxylic acids is 1. The Balaban J connectivity index is 2.66. The van der Waals surface area contributed by atoms with Crippen molar-refractivity contribution in [3.05, 3.63) is 35.4 Å². The third-order valence-electron chi connectivity index (χ3n) is 2.17. The number of esters is 1. The third-order valence-corrected chi connectivity index (χ3v) is 3.19. The van der Waals surface area contributed by atoms with E-state index in [2.05, 4.69) is 41.5 Å². The molecule has 0 fully saturated rings. The Morgan fingerprint density at radius 2 is 1.89 bits per heavy atom. The van der Waals surface area contributed by atoms with Crippen LogP contribution in [0.25, 0.3) is 0 Å². The van der Waals surface area contributed by atoms with Crippen LogP contribution >= 0.6 is 0 Å². The monoisotopic (exact) mass is 256 g/mol. The van der Waals surface area contributed by atoms with Crippen molar-refractivity contribution in [2.24, 2.45) is 0 Å². The van der Waals surface area contributed by atoms with Crippen molar-refractivity contribution in [3.8, 4) is 23.7 Å². The SMILES string of the molecule is COC(=O)c1ccc(C#CC#CC[SiH](C)C)cc1. The lowest BCUT2D eigenvalue weighted by molar-refractivity contribution is 0.0601. The van der Waals surface area contributed by atoms with E-state index in [1.54, 1.807) is 24.3 Å². The van der Waals surface area contributed by atoms with E-state index in [1.165, 1.54) is 7.11 Å². The second-order valence-electron chi connectivity index (χ2n) is 4.22. The highest BCUT2D eigenvalue weighted by Crippen LogP contribution is 2.04. The molecule has 0 saturated heterocycles. The van der Waals surface area contributed by atoms with Crippen LogP contribution in [0.15, 0.2) is 24.3 Å². The molecule has 2 nitrogen and oxygen atoms in total. The van der Waals surface area contributed by atoms with Gasteiger partial charge in [0.05, 0.1) is 12.7 Å². The highest BCUT2D eigenvalue weighted by atomic mass is 28.3. The summed E-state index contributed by atoms with van der Waals surface area (Å²) < 4.78 is 4.62. The van der Waals surface area contributed by atoms with Gasteiger partial charge in [0.2, 0.25) is 0 Å². The van der Waals surface area contributed by atoms with Crippen molar-refractivity contribution in [2.75, 3.05) is 7.11 Å². The molecule has 0 aliphatic rings. The molecule has 0 aliphatic heterocycles. The Kier molecular flexibility index (Phi) is 5.77. The average molecular weight is 256 g/mol. The van der Waals surface area contributed by atoms with Crippen LogP contribution in [-0.2, 0) is 4.74 Å². The van der Waals surface area contributed by atoms with Gasteiger partial charge in [-0.1, -0.05) is 24.9 Å². The summed E-state index contributed by atoms with van der Waals surface area (Å²) in [6, 6.07) is 7.97. The van der Waals surface area contributed by atoms with Crippen molar-refractivity contribution >= 4 is 14.8 Å². The summed E-state index contributed by atoms with van der Waals surface area (Å²) in [6.07, 6.45) is 0. The van der Waals surface area contributed by atoms with Crippen LogP contribution in [0.1, 0.15) is 15.9 Å². The summed E-state index contributed by atoms with van der Waals surface area (Å²) in [5.74, 6) is 11.3. The second-order valence-corrected chi connectivity index (χ2v) is 7.41. The molecule has 0 radical (unpaired) electrons. The number of methoxy groups -OCH3 is 1. The molecule has 18 heavy (non-hydrogen) atoms. The van der Waals surface area contributed by atoms with Crippen molar-refractivity contribution < 1.29 is 9.53 Å². The first-order chi connectivity index (χ1) is 8.63. The molecule has 0 bridgehead atoms. The molecular formula is C15H16O2Si. The van der Waals surface area contributed by atoms with Crippen LogP contribution in [0, 0.1) is 23.7 Å². The molecule has 0 N–H and O–H groups in total. The maximum atomic E-state index is 11.2. The molecule has 92 valence electrons. The third kappa shape index (κ3) is 4.91. The van der Waals surface area contributed by atoms with Gasteiger partial charge in [-0.2, -0.15) is 0 Å². The van der Waals surface area contributed by atoms with Gasteiger partial charge in [-0.25, -0.2) is 4.79 Å². The molecule has 0 amide bonds. The molecule has 0 aromatic heterocycles. The number of hydrogen-bond acceptors (Lipinski definition) is 2. The van der Waals surface area contributed by atoms with Gasteiger partial charge >= 0.3 is 5.97 Å². The van der Waals surface area contributed by atoms with Crippen molar-refractivity contribution in [3.63, 3.8) is 0 Å². The topological polar surface area (TPSA) is 26.3 Å². The Labute approximate surface area is 110 Å². The lowest BCUT2D eigenvalue weighted by Crippen LogP contribution is -2.00. The van der Waals surface area contributed by atoms with E-state index in [0.717, 1.165) is 11.6 Å². The van der Waals surface area contributed by atoms with Gasteiger partial charge in [-0.3, -0.25) is 0 Å². The van der Waals surface area contributed by atoms with Crippen LogP contribution in [0.4, 0.5) is 0 Å². The van der Waals surface area contributed by atoms with Crippen LogP contribution in [0.5, 0.6) is 0 Å². The fraction of sp³-hybridized carbons (Fsp3) is 0.267. The first kappa shape index (κ1) is 14.1. The summed E-state index contributed by atoms with van der Waals surface area (Å²) in [6.45, 7) is 4.52. The molecule has 1 aromatic carbocycles. The summed E-state index contributed by atoms with van der Waals surface area (Å²) in [4.78, 5) is 11.2. The van der Waals surface area contributed by atoms with E-state index >= 15 is 0 Å². The van der Waals surface area contributed by atoms with Gasteiger partial charge in [-0.05, 0) is 36.1 Å². The van der Waals surface area contributed by atoms with Gasteiger partial charge in [-0.15, -0.1) is 0 Å². The zero-order valence-corrected chi connectivity index (χ0v) is 12.1. The predicted octanol–water partition coefficient (Wildman–Crippen LogP) is 2.31. The second kappa shape index (κ2) is 7.37. The minimum Gasteiger partial charge on any atom is -0.465 e. The Morgan fingerprint density at radius 1 is 1.22 bits per heavy atom. The fourth-order valence-electron chi connectivity index (χ4n) is 1.21. The molecular weight excluding hydrogens is 240 g/mol. The largest absolute Gasteiger partial charge is 0.465 e. The van der Waals surface area contributed by atoms with Crippen LogP contribution in [0.3, 0.4) is 0 Å². The maximum absolute atomic E-state index is 11.2. The van der Waals surface area contributed by atoms with E-state index in [9.17, 15) is 4.79 Å². The van der Waals surface area contributed by atoms with E-state index < -0.39 is 8.80 Å². The summed E-state index contributed by atoms with van der Waals surface area (Å²) >= 11 is 0. The summed E-state index contributed by atoms with van der Waals surface area (Å²) in [5.41, 5.74) is 1.37. The van der Waals surface area contributed by atoms with Crippen molar-refractivity contribution in [1.82, 2.24) is 0 Å². The van der Waals surface area contributed by atoms with Crippen LogP contribution < -0.4 is 0 Å². The Morgan fingerprint density at radius 3 is 2.44 bits per heavy atom. The normalized spacial score (nSPS) is 8.89. The summed E-state index contributed by atoms with van der Waals surface area (Å²) in [7, 11) is 0.763. The summed E-state index contributed by atoms with van der Waals surface area (Å²) in [5, 5.41) is 0. The lowest BCUT2D eigenvalue weighted by Gasteiger charge is -1.97. The predicted molar refractivity (Wildman–Crippen MR) is 76.1 cm³/mol. The van der Waals surface area contributed by atoms with Crippen molar-refractivity contribution in [2.45, 2.75) is 19.1 Å². The molecule has 1 aromatic rings. The highest BCUT2D eigenvalue weighted by molar-refractivity contribution is 6.56. The van der Waals surface area contributed by atoms with Crippen LogP contribution in [0.2, 0.25) is 19.1 Å². The van der Waals surface area contributed by atoms with Crippen molar-refractivity contribution in [1.29, 1.82) is 0 Å². The fourth-order valence-corrected chi connectivity index (χ4v) is 1.72. The first-order valence-electron chi connectivity index (χ1n) is 5.80. The van der Waals surface area contributed by atoms with E-state index in [1.807, 2.05) is 0 Å². The average Bonchev–Trinajstić information content (AvgIpc) is 2.38. The van der Waals surface area contributed by atoms with Gasteiger partial charge in [0.1, 0.15) is 0 Å². The molecule has 3 heteroatoms. The van der Waals surface area contributed by atoms with E-state index in [-0.39, 0.29) is 5.97 Å². The molecule has 0 spiro atoms. The van der Waals surface area contributed by atoms with Crippen LogP contribution in [-0.4, -0.2) is 21.9 Å². The number of hydrogen-bond donors (Lipinski definition) is 0. The highest BCUT2D eigenvalue weighted by Gasteiger charge is 2.02. The van der Waals surface area contributed by atoms with Gasteiger partial charge in [0.25, 0.3) is 0 Å². The molecule has 0 aliphatic carbocycles. The first-order valence-corrected chi connectivity index (χ1v) is 8.93. The smallest absolute Gasteiger partial charge is 0.337 e. The standard InChI is InChI=1S/C15H16O2Si/c1-17-15(16)14-10-8-13(9-11-14)7-5-4-6-12-18(2)3/h8-11,18H,12H2,1-3H3. The quantitative estimate of drug-likeness (QED) is 0.461. The molecule has 1 rings (SSSR count). The number of rotatable bonds is 2. The number of ether oxygens (including phenoxy) is 1.